The predicted molar refractivity (Wildman–Crippen MR) is 62.3 cm³/mol. The molecule has 0 N–H and O–H groups in total. The number of fused-ring (bicyclic) bond motifs is 1. The molecule has 2 heterocycles. The predicted octanol–water partition coefficient (Wildman–Crippen LogP) is 2.44. The van der Waals surface area contributed by atoms with Gasteiger partial charge in [0.2, 0.25) is 0 Å². The van der Waals surface area contributed by atoms with Crippen LogP contribution in [-0.4, -0.2) is 22.6 Å². The van der Waals surface area contributed by atoms with Gasteiger partial charge in [-0.25, -0.2) is 10.0 Å². The number of amidine groups is 1. The Balaban J connectivity index is 2.38. The van der Waals surface area contributed by atoms with Gasteiger partial charge in [-0.1, -0.05) is 24.8 Å². The Bertz CT molecular complexity index is 366. The lowest BCUT2D eigenvalue weighted by molar-refractivity contribution is 0.551. The number of aliphatic imine (C=N–C) groups is 1. The van der Waals surface area contributed by atoms with Crippen LogP contribution in [0.2, 0.25) is 0 Å². The molecule has 2 aliphatic heterocycles. The number of nitrogens with zero attached hydrogens (tertiary/aromatic N) is 3. The number of rotatable bonds is 0. The summed E-state index contributed by atoms with van der Waals surface area (Å²) in [6.07, 6.45) is 8.21. The number of allylic oxidation sites excluding steroid dienone is 3. The zero-order chi connectivity index (χ0) is 10.1. The molecule has 0 fully saturated rings. The van der Waals surface area contributed by atoms with Crippen molar-refractivity contribution in [2.45, 2.75) is 13.8 Å². The Morgan fingerprint density at radius 3 is 3.00 bits per heavy atom. The third-order valence-electron chi connectivity index (χ3n) is 2.09. The molecule has 0 spiro atoms. The molecule has 0 aromatic carbocycles. The number of hydrazone groups is 1. The molecule has 0 aromatic rings. The molecule has 4 heteroatoms. The molecule has 0 saturated heterocycles. The molecule has 2 rings (SSSR count). The summed E-state index contributed by atoms with van der Waals surface area (Å²) in [5.41, 5.74) is 2.18. The van der Waals surface area contributed by atoms with Crippen molar-refractivity contribution < 1.29 is 0 Å². The van der Waals surface area contributed by atoms with Gasteiger partial charge in [0.1, 0.15) is 0 Å². The lowest BCUT2D eigenvalue weighted by Crippen LogP contribution is -2.28. The summed E-state index contributed by atoms with van der Waals surface area (Å²) in [6, 6.07) is 0. The van der Waals surface area contributed by atoms with Crippen molar-refractivity contribution in [2.24, 2.45) is 16.0 Å². The van der Waals surface area contributed by atoms with Crippen molar-refractivity contribution in [3.8, 4) is 0 Å². The first-order valence-corrected chi connectivity index (χ1v) is 5.80. The van der Waals surface area contributed by atoms with E-state index in [9.17, 15) is 0 Å². The highest BCUT2D eigenvalue weighted by molar-refractivity contribution is 8.13. The molecule has 1 atom stereocenters. The number of hydrogen-bond donors (Lipinski definition) is 0. The second-order valence-electron chi connectivity index (χ2n) is 3.41. The number of thioether (sulfide) groups is 1. The fourth-order valence-electron chi connectivity index (χ4n) is 1.47. The van der Waals surface area contributed by atoms with Gasteiger partial charge in [0.15, 0.2) is 5.17 Å². The Labute approximate surface area is 88.3 Å². The van der Waals surface area contributed by atoms with E-state index in [2.05, 4.69) is 29.2 Å². The minimum absolute atomic E-state index is 0.409. The average Bonchev–Trinajstić information content (AvgIpc) is 2.15. The molecule has 14 heavy (non-hydrogen) atoms. The van der Waals surface area contributed by atoms with Crippen LogP contribution in [0.4, 0.5) is 0 Å². The van der Waals surface area contributed by atoms with Crippen molar-refractivity contribution in [1.82, 2.24) is 5.01 Å². The maximum absolute atomic E-state index is 4.42. The summed E-state index contributed by atoms with van der Waals surface area (Å²) in [5.74, 6) is 0.409. The van der Waals surface area contributed by atoms with E-state index in [-0.39, 0.29) is 0 Å². The zero-order valence-electron chi connectivity index (χ0n) is 8.56. The highest BCUT2D eigenvalue weighted by Crippen LogP contribution is 2.25. The number of hydrogen-bond acceptors (Lipinski definition) is 4. The Morgan fingerprint density at radius 1 is 1.50 bits per heavy atom. The molecule has 1 unspecified atom stereocenters. The van der Waals surface area contributed by atoms with E-state index in [1.165, 1.54) is 0 Å². The van der Waals surface area contributed by atoms with E-state index in [4.69, 9.17) is 0 Å². The van der Waals surface area contributed by atoms with E-state index in [0.717, 1.165) is 16.6 Å². The molecule has 2 aliphatic rings. The monoisotopic (exact) mass is 207 g/mol. The lowest BCUT2D eigenvalue weighted by atomic mass is 10.1. The summed E-state index contributed by atoms with van der Waals surface area (Å²) in [5, 5.41) is 7.19. The van der Waals surface area contributed by atoms with Gasteiger partial charge >= 0.3 is 0 Å². The van der Waals surface area contributed by atoms with Gasteiger partial charge < -0.3 is 0 Å². The molecule has 0 aromatic heterocycles. The topological polar surface area (TPSA) is 28.0 Å². The van der Waals surface area contributed by atoms with Crippen LogP contribution in [0, 0.1) is 5.92 Å². The highest BCUT2D eigenvalue weighted by Gasteiger charge is 2.20. The fourth-order valence-corrected chi connectivity index (χ4v) is 2.03. The van der Waals surface area contributed by atoms with E-state index < -0.39 is 0 Å². The first-order valence-electron chi connectivity index (χ1n) is 4.58. The molecule has 0 radical (unpaired) electrons. The van der Waals surface area contributed by atoms with Crippen LogP contribution in [0.25, 0.3) is 0 Å². The van der Waals surface area contributed by atoms with E-state index in [1.54, 1.807) is 11.8 Å². The summed E-state index contributed by atoms with van der Waals surface area (Å²) < 4.78 is 0. The van der Waals surface area contributed by atoms with Crippen LogP contribution >= 0.6 is 11.8 Å². The highest BCUT2D eigenvalue weighted by atomic mass is 32.2. The summed E-state index contributed by atoms with van der Waals surface area (Å²) in [7, 11) is 0. The van der Waals surface area contributed by atoms with E-state index in [1.807, 2.05) is 24.4 Å². The molecular formula is C10H13N3S. The molecule has 74 valence electrons. The largest absolute Gasteiger partial charge is 0.228 e. The van der Waals surface area contributed by atoms with Crippen LogP contribution in [-0.2, 0) is 0 Å². The van der Waals surface area contributed by atoms with Crippen LogP contribution in [0.15, 0.2) is 33.6 Å². The standard InChI is InChI=1S/C10H13N3S/c1-7-4-9-5-8(2)12-10(14-3)13(9)11-6-7/h4-7H,1-3H3. The maximum atomic E-state index is 4.42. The SMILES string of the molecule is CSC1=NC(C)=CC2=CC(C)C=NN21. The van der Waals surface area contributed by atoms with Crippen molar-refractivity contribution in [2.75, 3.05) is 6.26 Å². The summed E-state index contributed by atoms with van der Waals surface area (Å²) in [4.78, 5) is 4.42. The molecule has 3 nitrogen and oxygen atoms in total. The Morgan fingerprint density at radius 2 is 2.29 bits per heavy atom. The summed E-state index contributed by atoms with van der Waals surface area (Å²) >= 11 is 1.62. The summed E-state index contributed by atoms with van der Waals surface area (Å²) in [6.45, 7) is 4.14. The Hall–Kier alpha value is -1.03. The normalized spacial score (nSPS) is 25.2. The zero-order valence-corrected chi connectivity index (χ0v) is 9.38. The molecular weight excluding hydrogens is 194 g/mol. The van der Waals surface area contributed by atoms with E-state index in [0.29, 0.717) is 5.92 Å². The van der Waals surface area contributed by atoms with Crippen LogP contribution < -0.4 is 0 Å². The van der Waals surface area contributed by atoms with Gasteiger partial charge in [0.05, 0.1) is 5.70 Å². The quantitative estimate of drug-likeness (QED) is 0.610. The van der Waals surface area contributed by atoms with Crippen molar-refractivity contribution >= 4 is 23.1 Å². The van der Waals surface area contributed by atoms with Crippen molar-refractivity contribution in [3.63, 3.8) is 0 Å². The molecule has 0 bridgehead atoms. The third kappa shape index (κ3) is 1.62. The van der Waals surface area contributed by atoms with Crippen LogP contribution in [0.5, 0.6) is 0 Å². The van der Waals surface area contributed by atoms with Crippen molar-refractivity contribution in [1.29, 1.82) is 0 Å². The third-order valence-corrected chi connectivity index (χ3v) is 2.72. The van der Waals surface area contributed by atoms with Gasteiger partial charge in [0.25, 0.3) is 0 Å². The smallest absolute Gasteiger partial charge is 0.189 e. The Kier molecular flexibility index (Phi) is 2.46. The minimum Gasteiger partial charge on any atom is -0.228 e. The minimum atomic E-state index is 0.409. The van der Waals surface area contributed by atoms with Gasteiger partial charge in [0, 0.05) is 17.8 Å². The van der Waals surface area contributed by atoms with Crippen molar-refractivity contribution in [3.05, 3.63) is 23.5 Å². The average molecular weight is 207 g/mol. The lowest BCUT2D eigenvalue weighted by Gasteiger charge is -2.27. The van der Waals surface area contributed by atoms with Gasteiger partial charge in [-0.2, -0.15) is 5.10 Å². The molecule has 0 saturated carbocycles. The van der Waals surface area contributed by atoms with Crippen LogP contribution in [0.3, 0.4) is 0 Å². The second-order valence-corrected chi connectivity index (χ2v) is 4.18. The molecule has 0 aliphatic carbocycles. The van der Waals surface area contributed by atoms with E-state index >= 15 is 0 Å². The second kappa shape index (κ2) is 3.61. The van der Waals surface area contributed by atoms with Gasteiger partial charge in [-0.15, -0.1) is 0 Å². The fraction of sp³-hybridized carbons (Fsp3) is 0.400. The van der Waals surface area contributed by atoms with Gasteiger partial charge in [-0.3, -0.25) is 0 Å². The first kappa shape index (κ1) is 9.52. The molecule has 0 amide bonds. The first-order chi connectivity index (χ1) is 6.70. The van der Waals surface area contributed by atoms with Gasteiger partial charge in [-0.05, 0) is 19.3 Å². The van der Waals surface area contributed by atoms with Crippen LogP contribution in [0.1, 0.15) is 13.8 Å². The maximum Gasteiger partial charge on any atom is 0.189 e.